The van der Waals surface area contributed by atoms with Crippen molar-refractivity contribution in [2.24, 2.45) is 0 Å². The van der Waals surface area contributed by atoms with Crippen molar-refractivity contribution in [2.75, 3.05) is 5.32 Å². The van der Waals surface area contributed by atoms with Crippen LogP contribution in [0.4, 0.5) is 11.5 Å². The molecule has 0 bridgehead atoms. The Morgan fingerprint density at radius 1 is 0.964 bits per heavy atom. The lowest BCUT2D eigenvalue weighted by molar-refractivity contribution is -0.191. The fourth-order valence-corrected chi connectivity index (χ4v) is 3.70. The minimum absolute atomic E-state index is 0.250. The van der Waals surface area contributed by atoms with Gasteiger partial charge >= 0.3 is 6.15 Å². The second kappa shape index (κ2) is 8.99. The third-order valence-electron chi connectivity index (χ3n) is 4.12. The molecule has 3 aromatic heterocycles. The van der Waals surface area contributed by atoms with E-state index in [2.05, 4.69) is 62.7 Å². The van der Waals surface area contributed by atoms with E-state index in [0.717, 1.165) is 33.7 Å². The van der Waals surface area contributed by atoms with E-state index < -0.39 is 0 Å². The standard InChI is InChI=1S/C20H18N4S.CO2/c1-14-8-11-21-15(2)19(14)23-20-17-10-13-24(18(17)9-12-22-20)25-16-6-4-3-5-7-16;2-1-3/h3-13H,1-2H3,(H,22,23);. The van der Waals surface area contributed by atoms with Gasteiger partial charge in [-0.3, -0.25) is 8.96 Å². The summed E-state index contributed by atoms with van der Waals surface area (Å²) >= 11 is 1.69. The van der Waals surface area contributed by atoms with Crippen LogP contribution in [0.1, 0.15) is 11.3 Å². The van der Waals surface area contributed by atoms with Crippen LogP contribution in [0, 0.1) is 13.8 Å². The monoisotopic (exact) mass is 390 g/mol. The van der Waals surface area contributed by atoms with Crippen LogP contribution < -0.4 is 5.32 Å². The number of pyridine rings is 2. The first-order chi connectivity index (χ1) is 13.6. The zero-order valence-corrected chi connectivity index (χ0v) is 16.2. The lowest BCUT2D eigenvalue weighted by atomic mass is 10.2. The number of benzene rings is 1. The molecule has 0 spiro atoms. The summed E-state index contributed by atoms with van der Waals surface area (Å²) in [7, 11) is 0. The first kappa shape index (κ1) is 19.4. The molecule has 1 N–H and O–H groups in total. The average Bonchev–Trinajstić information content (AvgIpc) is 3.10. The van der Waals surface area contributed by atoms with Gasteiger partial charge in [-0.25, -0.2) is 4.98 Å². The Balaban J connectivity index is 0.000000706. The van der Waals surface area contributed by atoms with E-state index in [1.165, 1.54) is 4.90 Å². The van der Waals surface area contributed by atoms with Gasteiger partial charge in [-0.15, -0.1) is 0 Å². The molecule has 0 amide bonds. The first-order valence-corrected chi connectivity index (χ1v) is 9.29. The van der Waals surface area contributed by atoms with Crippen molar-refractivity contribution < 1.29 is 9.59 Å². The van der Waals surface area contributed by atoms with Crippen LogP contribution in [0.15, 0.2) is 72.0 Å². The maximum absolute atomic E-state index is 8.12. The summed E-state index contributed by atoms with van der Waals surface area (Å²) < 4.78 is 2.17. The smallest absolute Gasteiger partial charge is 0.338 e. The quantitative estimate of drug-likeness (QED) is 0.541. The molecule has 0 aliphatic rings. The zero-order valence-electron chi connectivity index (χ0n) is 15.4. The van der Waals surface area contributed by atoms with Gasteiger partial charge in [0.2, 0.25) is 0 Å². The van der Waals surface area contributed by atoms with E-state index in [4.69, 9.17) is 9.59 Å². The van der Waals surface area contributed by atoms with Crippen molar-refractivity contribution >= 4 is 40.5 Å². The summed E-state index contributed by atoms with van der Waals surface area (Å²) in [4.78, 5) is 26.4. The number of nitrogens with zero attached hydrogens (tertiary/aromatic N) is 3. The maximum Gasteiger partial charge on any atom is 0.373 e. The van der Waals surface area contributed by atoms with Crippen LogP contribution in [0.3, 0.4) is 0 Å². The van der Waals surface area contributed by atoms with Gasteiger partial charge in [0.1, 0.15) is 5.82 Å². The normalized spacial score (nSPS) is 10.1. The number of aryl methyl sites for hydroxylation is 2. The van der Waals surface area contributed by atoms with E-state index in [0.29, 0.717) is 0 Å². The second-order valence-electron chi connectivity index (χ2n) is 5.93. The fraction of sp³-hybridized carbons (Fsp3) is 0.0952. The number of fused-ring (bicyclic) bond motifs is 1. The molecule has 0 aliphatic heterocycles. The van der Waals surface area contributed by atoms with Crippen molar-refractivity contribution in [3.05, 3.63) is 78.4 Å². The molecular formula is C21H18N4O2S. The van der Waals surface area contributed by atoms with Crippen molar-refractivity contribution in [3.8, 4) is 0 Å². The Labute approximate surface area is 166 Å². The molecule has 3 heterocycles. The zero-order chi connectivity index (χ0) is 19.9. The van der Waals surface area contributed by atoms with Crippen LogP contribution >= 0.6 is 11.9 Å². The highest BCUT2D eigenvalue weighted by atomic mass is 32.2. The number of rotatable bonds is 4. The van der Waals surface area contributed by atoms with Crippen molar-refractivity contribution in [3.63, 3.8) is 0 Å². The predicted octanol–water partition coefficient (Wildman–Crippen LogP) is 4.76. The molecule has 0 saturated carbocycles. The molecule has 1 aromatic carbocycles. The average molecular weight is 390 g/mol. The van der Waals surface area contributed by atoms with Crippen LogP contribution in [0.5, 0.6) is 0 Å². The van der Waals surface area contributed by atoms with Crippen molar-refractivity contribution in [2.45, 2.75) is 18.7 Å². The van der Waals surface area contributed by atoms with Gasteiger partial charge in [-0.05, 0) is 61.7 Å². The highest BCUT2D eigenvalue weighted by molar-refractivity contribution is 7.98. The number of carbonyl (C=O) groups excluding carboxylic acids is 2. The lowest BCUT2D eigenvalue weighted by Crippen LogP contribution is -2.00. The van der Waals surface area contributed by atoms with Gasteiger partial charge in [0, 0.05) is 28.9 Å². The SMILES string of the molecule is Cc1ccnc(C)c1Nc1nccc2c1ccn2Sc1ccccc1.O=C=O. The second-order valence-corrected chi connectivity index (χ2v) is 6.98. The Morgan fingerprint density at radius 2 is 1.68 bits per heavy atom. The summed E-state index contributed by atoms with van der Waals surface area (Å²) in [6.07, 6.45) is 6.00. The van der Waals surface area contributed by atoms with Gasteiger partial charge < -0.3 is 5.32 Å². The van der Waals surface area contributed by atoms with Gasteiger partial charge in [0.15, 0.2) is 0 Å². The summed E-state index contributed by atoms with van der Waals surface area (Å²) in [5.41, 5.74) is 4.28. The van der Waals surface area contributed by atoms with E-state index in [1.54, 1.807) is 11.9 Å². The highest BCUT2D eigenvalue weighted by Gasteiger charge is 2.10. The van der Waals surface area contributed by atoms with Crippen molar-refractivity contribution in [1.29, 1.82) is 0 Å². The number of hydrogen-bond donors (Lipinski definition) is 1. The van der Waals surface area contributed by atoms with E-state index in [1.807, 2.05) is 37.5 Å². The third kappa shape index (κ3) is 4.28. The van der Waals surface area contributed by atoms with Crippen LogP contribution in [0.2, 0.25) is 0 Å². The van der Waals surface area contributed by atoms with Crippen LogP contribution in [-0.4, -0.2) is 20.1 Å². The summed E-state index contributed by atoms with van der Waals surface area (Å²) in [5, 5.41) is 4.56. The van der Waals surface area contributed by atoms with Gasteiger partial charge in [-0.2, -0.15) is 9.59 Å². The van der Waals surface area contributed by atoms with Crippen LogP contribution in [-0.2, 0) is 9.59 Å². The fourth-order valence-electron chi connectivity index (χ4n) is 2.82. The van der Waals surface area contributed by atoms with E-state index in [9.17, 15) is 0 Å². The summed E-state index contributed by atoms with van der Waals surface area (Å²) in [6, 6.07) is 16.5. The minimum atomic E-state index is 0.250. The largest absolute Gasteiger partial charge is 0.373 e. The van der Waals surface area contributed by atoms with Crippen molar-refractivity contribution in [1.82, 2.24) is 13.9 Å². The Morgan fingerprint density at radius 3 is 2.39 bits per heavy atom. The Hall–Kier alpha value is -3.41. The molecule has 0 fully saturated rings. The number of hydrogen-bond acceptors (Lipinski definition) is 6. The Kier molecular flexibility index (Phi) is 6.22. The highest BCUT2D eigenvalue weighted by Crippen LogP contribution is 2.31. The van der Waals surface area contributed by atoms with Gasteiger partial charge in [0.25, 0.3) is 0 Å². The molecule has 7 heteroatoms. The molecule has 4 aromatic rings. The minimum Gasteiger partial charge on any atom is -0.338 e. The molecule has 0 atom stereocenters. The van der Waals surface area contributed by atoms with E-state index in [-0.39, 0.29) is 6.15 Å². The Bertz CT molecular complexity index is 1100. The summed E-state index contributed by atoms with van der Waals surface area (Å²) in [5.74, 6) is 0.851. The maximum atomic E-state index is 8.12. The molecule has 6 nitrogen and oxygen atoms in total. The molecule has 0 unspecified atom stereocenters. The summed E-state index contributed by atoms with van der Waals surface area (Å²) in [6.45, 7) is 4.08. The van der Waals surface area contributed by atoms with Gasteiger partial charge in [-0.1, -0.05) is 18.2 Å². The molecule has 0 aliphatic carbocycles. The van der Waals surface area contributed by atoms with E-state index >= 15 is 0 Å². The predicted molar refractivity (Wildman–Crippen MR) is 109 cm³/mol. The number of nitrogens with one attached hydrogen (secondary N) is 1. The molecule has 4 rings (SSSR count). The lowest BCUT2D eigenvalue weighted by Gasteiger charge is -2.12. The molecule has 0 saturated heterocycles. The third-order valence-corrected chi connectivity index (χ3v) is 5.12. The molecule has 0 radical (unpaired) electrons. The van der Waals surface area contributed by atoms with Crippen LogP contribution in [0.25, 0.3) is 10.9 Å². The van der Waals surface area contributed by atoms with Gasteiger partial charge in [0.05, 0.1) is 16.9 Å². The molecule has 28 heavy (non-hydrogen) atoms. The molecular weight excluding hydrogens is 372 g/mol. The number of aromatic nitrogens is 3. The molecule has 140 valence electrons. The first-order valence-electron chi connectivity index (χ1n) is 8.52. The topological polar surface area (TPSA) is 76.9 Å². The number of anilines is 2.